The third kappa shape index (κ3) is 1.83. The molecule has 2 N–H and O–H groups in total. The van der Waals surface area contributed by atoms with Crippen molar-refractivity contribution in [3.8, 4) is 0 Å². The van der Waals surface area contributed by atoms with Crippen LogP contribution in [0.5, 0.6) is 0 Å². The van der Waals surface area contributed by atoms with Crippen LogP contribution in [0.1, 0.15) is 70.6 Å². The molecule has 0 heterocycles. The monoisotopic (exact) mass is 278 g/mol. The normalized spacial score (nSPS) is 51.5. The Bertz CT molecular complexity index is 366. The molecule has 0 spiro atoms. The lowest BCUT2D eigenvalue weighted by Crippen LogP contribution is -2.51. The van der Waals surface area contributed by atoms with Crippen LogP contribution in [-0.2, 0) is 0 Å². The minimum absolute atomic E-state index is 0.122. The van der Waals surface area contributed by atoms with Gasteiger partial charge in [0.1, 0.15) is 0 Å². The fraction of sp³-hybridized carbons (Fsp3) is 1.00. The van der Waals surface area contributed by atoms with E-state index in [0.717, 1.165) is 36.5 Å². The topological polar surface area (TPSA) is 40.5 Å². The lowest BCUT2D eigenvalue weighted by Gasteiger charge is -2.55. The molecule has 0 aliphatic heterocycles. The molecule has 0 amide bonds. The van der Waals surface area contributed by atoms with E-state index in [1.54, 1.807) is 0 Å². The van der Waals surface area contributed by atoms with Gasteiger partial charge in [0.2, 0.25) is 0 Å². The van der Waals surface area contributed by atoms with Crippen LogP contribution in [0.2, 0.25) is 0 Å². The maximum atomic E-state index is 10.0. The lowest BCUT2D eigenvalue weighted by molar-refractivity contribution is -0.190. The molecular formula is C18H30O2. The predicted octanol–water partition coefficient (Wildman–Crippen LogP) is 3.71. The standard InChI is InChI=1S/C18H30O2/c19-17(20)18-10-3-6-16(18)15-8-7-12-4-1-2-5-13(12)14(15)9-11-18/h12-17,19-20H,1-11H2/t12-,13-,14+,15+,16-,18+/m0/s1. The molecule has 0 aromatic rings. The first-order valence-corrected chi connectivity index (χ1v) is 9.08. The third-order valence-corrected chi connectivity index (χ3v) is 7.81. The van der Waals surface area contributed by atoms with E-state index in [-0.39, 0.29) is 5.41 Å². The van der Waals surface area contributed by atoms with Gasteiger partial charge in [0, 0.05) is 5.41 Å². The molecule has 4 fully saturated rings. The van der Waals surface area contributed by atoms with Crippen LogP contribution >= 0.6 is 0 Å². The Balaban J connectivity index is 1.60. The van der Waals surface area contributed by atoms with Crippen LogP contribution < -0.4 is 0 Å². The van der Waals surface area contributed by atoms with Crippen molar-refractivity contribution in [2.45, 2.75) is 76.9 Å². The van der Waals surface area contributed by atoms with Gasteiger partial charge in [-0.2, -0.15) is 0 Å². The fourth-order valence-electron chi connectivity index (χ4n) is 6.98. The minimum Gasteiger partial charge on any atom is -0.368 e. The molecular weight excluding hydrogens is 248 g/mol. The van der Waals surface area contributed by atoms with E-state index in [1.165, 1.54) is 57.8 Å². The zero-order valence-corrected chi connectivity index (χ0v) is 12.6. The first-order chi connectivity index (χ1) is 9.72. The number of rotatable bonds is 1. The lowest BCUT2D eigenvalue weighted by atomic mass is 9.50. The summed E-state index contributed by atoms with van der Waals surface area (Å²) in [6.07, 6.45) is 13.5. The largest absolute Gasteiger partial charge is 0.368 e. The summed E-state index contributed by atoms with van der Waals surface area (Å²) in [4.78, 5) is 0. The average Bonchev–Trinajstić information content (AvgIpc) is 2.92. The van der Waals surface area contributed by atoms with Gasteiger partial charge < -0.3 is 10.2 Å². The first-order valence-electron chi connectivity index (χ1n) is 9.08. The molecule has 4 saturated carbocycles. The Morgan fingerprint density at radius 1 is 0.700 bits per heavy atom. The van der Waals surface area contributed by atoms with Gasteiger partial charge in [-0.05, 0) is 74.5 Å². The summed E-state index contributed by atoms with van der Waals surface area (Å²) in [7, 11) is 0. The number of aliphatic hydroxyl groups is 2. The van der Waals surface area contributed by atoms with Crippen LogP contribution in [0.4, 0.5) is 0 Å². The Labute approximate surface area is 123 Å². The van der Waals surface area contributed by atoms with Crippen LogP contribution in [0.15, 0.2) is 0 Å². The maximum Gasteiger partial charge on any atom is 0.157 e. The molecule has 114 valence electrons. The van der Waals surface area contributed by atoms with Crippen molar-refractivity contribution >= 4 is 0 Å². The second-order valence-electron chi connectivity index (χ2n) is 8.26. The van der Waals surface area contributed by atoms with Crippen molar-refractivity contribution in [2.75, 3.05) is 0 Å². The number of hydrogen-bond acceptors (Lipinski definition) is 2. The smallest absolute Gasteiger partial charge is 0.157 e. The average molecular weight is 278 g/mol. The summed E-state index contributed by atoms with van der Waals surface area (Å²) >= 11 is 0. The van der Waals surface area contributed by atoms with Gasteiger partial charge in [-0.25, -0.2) is 0 Å². The molecule has 4 rings (SSSR count). The molecule has 6 atom stereocenters. The van der Waals surface area contributed by atoms with Gasteiger partial charge >= 0.3 is 0 Å². The van der Waals surface area contributed by atoms with Gasteiger partial charge in [-0.15, -0.1) is 0 Å². The van der Waals surface area contributed by atoms with E-state index in [2.05, 4.69) is 0 Å². The van der Waals surface area contributed by atoms with Crippen molar-refractivity contribution < 1.29 is 10.2 Å². The van der Waals surface area contributed by atoms with E-state index in [9.17, 15) is 10.2 Å². The molecule has 0 aromatic carbocycles. The van der Waals surface area contributed by atoms with Crippen LogP contribution in [-0.4, -0.2) is 16.5 Å². The Morgan fingerprint density at radius 3 is 2.40 bits per heavy atom. The molecule has 0 aromatic heterocycles. The Morgan fingerprint density at radius 2 is 1.55 bits per heavy atom. The Hall–Kier alpha value is -0.0800. The molecule has 4 aliphatic rings. The molecule has 2 heteroatoms. The van der Waals surface area contributed by atoms with Gasteiger partial charge in [0.25, 0.3) is 0 Å². The highest BCUT2D eigenvalue weighted by Gasteiger charge is 2.57. The van der Waals surface area contributed by atoms with E-state index >= 15 is 0 Å². The molecule has 0 saturated heterocycles. The third-order valence-electron chi connectivity index (χ3n) is 7.81. The second kappa shape index (κ2) is 4.98. The number of fused-ring (bicyclic) bond motifs is 5. The van der Waals surface area contributed by atoms with Crippen molar-refractivity contribution in [1.29, 1.82) is 0 Å². The summed E-state index contributed by atoms with van der Waals surface area (Å²) in [5, 5.41) is 20.0. The van der Waals surface area contributed by atoms with Crippen LogP contribution in [0.3, 0.4) is 0 Å². The highest BCUT2D eigenvalue weighted by Crippen LogP contribution is 2.63. The van der Waals surface area contributed by atoms with Crippen molar-refractivity contribution in [3.05, 3.63) is 0 Å². The van der Waals surface area contributed by atoms with E-state index in [1.807, 2.05) is 0 Å². The molecule has 0 radical (unpaired) electrons. The van der Waals surface area contributed by atoms with Crippen molar-refractivity contribution in [3.63, 3.8) is 0 Å². The highest BCUT2D eigenvalue weighted by atomic mass is 16.5. The zero-order valence-electron chi connectivity index (χ0n) is 12.6. The fourth-order valence-corrected chi connectivity index (χ4v) is 6.98. The molecule has 2 nitrogen and oxygen atoms in total. The molecule has 4 aliphatic carbocycles. The van der Waals surface area contributed by atoms with Gasteiger partial charge in [-0.1, -0.05) is 25.7 Å². The van der Waals surface area contributed by atoms with E-state index < -0.39 is 6.29 Å². The summed E-state index contributed by atoms with van der Waals surface area (Å²) < 4.78 is 0. The summed E-state index contributed by atoms with van der Waals surface area (Å²) in [5.74, 6) is 4.34. The predicted molar refractivity (Wildman–Crippen MR) is 78.9 cm³/mol. The SMILES string of the molecule is OC(O)[C@@]12CCC[C@H]1[C@@H]1CC[C@@H]3CCCC[C@@H]3[C@H]1CC2. The van der Waals surface area contributed by atoms with Crippen LogP contribution in [0, 0.1) is 35.0 Å². The molecule has 0 bridgehead atoms. The summed E-state index contributed by atoms with van der Waals surface area (Å²) in [6.45, 7) is 0. The maximum absolute atomic E-state index is 10.0. The van der Waals surface area contributed by atoms with E-state index in [4.69, 9.17) is 0 Å². The van der Waals surface area contributed by atoms with Gasteiger partial charge in [-0.3, -0.25) is 0 Å². The van der Waals surface area contributed by atoms with Crippen molar-refractivity contribution in [2.24, 2.45) is 35.0 Å². The summed E-state index contributed by atoms with van der Waals surface area (Å²) in [6, 6.07) is 0. The highest BCUT2D eigenvalue weighted by molar-refractivity contribution is 5.05. The van der Waals surface area contributed by atoms with Crippen LogP contribution in [0.25, 0.3) is 0 Å². The molecule has 20 heavy (non-hydrogen) atoms. The molecule has 0 unspecified atom stereocenters. The van der Waals surface area contributed by atoms with Gasteiger partial charge in [0.15, 0.2) is 6.29 Å². The minimum atomic E-state index is -1.07. The zero-order chi connectivity index (χ0) is 13.7. The van der Waals surface area contributed by atoms with Gasteiger partial charge in [0.05, 0.1) is 0 Å². The number of hydrogen-bond donors (Lipinski definition) is 2. The van der Waals surface area contributed by atoms with E-state index in [0.29, 0.717) is 5.92 Å². The Kier molecular flexibility index (Phi) is 3.38. The second-order valence-corrected chi connectivity index (χ2v) is 8.26. The quantitative estimate of drug-likeness (QED) is 0.718. The number of aliphatic hydroxyl groups excluding tert-OH is 1. The van der Waals surface area contributed by atoms with Crippen molar-refractivity contribution in [1.82, 2.24) is 0 Å². The summed E-state index contributed by atoms with van der Waals surface area (Å²) in [5.41, 5.74) is -0.122. The first kappa shape index (κ1) is 13.6.